The van der Waals surface area contributed by atoms with Gasteiger partial charge in [0.15, 0.2) is 0 Å². The Bertz CT molecular complexity index is 750. The van der Waals surface area contributed by atoms with Crippen LogP contribution >= 0.6 is 23.2 Å². The average molecular weight is 366 g/mol. The molecule has 0 atom stereocenters. The van der Waals surface area contributed by atoms with Crippen LogP contribution < -0.4 is 16.0 Å². The van der Waals surface area contributed by atoms with E-state index in [0.717, 1.165) is 5.69 Å². The number of nitrogens with one attached hydrogen (secondary N) is 3. The van der Waals surface area contributed by atoms with Crippen molar-refractivity contribution in [3.63, 3.8) is 0 Å². The Morgan fingerprint density at radius 3 is 2.46 bits per heavy atom. The SMILES string of the molecule is CC(=O)Nc1cccc(NCCC(=O)Nc2ccc(Cl)cc2Cl)c1. The van der Waals surface area contributed by atoms with Crippen LogP contribution in [0.1, 0.15) is 13.3 Å². The Hall–Kier alpha value is -2.24. The van der Waals surface area contributed by atoms with Gasteiger partial charge in [0, 0.05) is 36.3 Å². The first kappa shape index (κ1) is 18.1. The number of carbonyl (C=O) groups is 2. The highest BCUT2D eigenvalue weighted by atomic mass is 35.5. The number of anilines is 3. The van der Waals surface area contributed by atoms with E-state index in [2.05, 4.69) is 16.0 Å². The Morgan fingerprint density at radius 1 is 1.00 bits per heavy atom. The molecule has 3 N–H and O–H groups in total. The van der Waals surface area contributed by atoms with E-state index in [1.54, 1.807) is 30.3 Å². The first-order valence-electron chi connectivity index (χ1n) is 7.30. The molecule has 24 heavy (non-hydrogen) atoms. The maximum atomic E-state index is 12.0. The number of benzene rings is 2. The van der Waals surface area contributed by atoms with E-state index in [-0.39, 0.29) is 18.2 Å². The van der Waals surface area contributed by atoms with Crippen molar-refractivity contribution in [2.24, 2.45) is 0 Å². The van der Waals surface area contributed by atoms with E-state index in [1.165, 1.54) is 6.92 Å². The predicted octanol–water partition coefficient (Wildman–Crippen LogP) is 4.39. The van der Waals surface area contributed by atoms with Crippen LogP contribution in [-0.2, 0) is 9.59 Å². The highest BCUT2D eigenvalue weighted by Gasteiger charge is 2.06. The molecule has 0 saturated carbocycles. The van der Waals surface area contributed by atoms with E-state index in [1.807, 2.05) is 12.1 Å². The van der Waals surface area contributed by atoms with Crippen LogP contribution in [0, 0.1) is 0 Å². The van der Waals surface area contributed by atoms with Gasteiger partial charge in [-0.25, -0.2) is 0 Å². The van der Waals surface area contributed by atoms with Gasteiger partial charge < -0.3 is 16.0 Å². The summed E-state index contributed by atoms with van der Waals surface area (Å²) in [5.74, 6) is -0.295. The summed E-state index contributed by atoms with van der Waals surface area (Å²) in [4.78, 5) is 23.0. The molecular formula is C17H17Cl2N3O2. The molecular weight excluding hydrogens is 349 g/mol. The third-order valence-electron chi connectivity index (χ3n) is 3.07. The molecule has 0 aliphatic rings. The molecule has 2 aromatic rings. The monoisotopic (exact) mass is 365 g/mol. The minimum Gasteiger partial charge on any atom is -0.384 e. The molecule has 7 heteroatoms. The van der Waals surface area contributed by atoms with Gasteiger partial charge in [-0.05, 0) is 36.4 Å². The summed E-state index contributed by atoms with van der Waals surface area (Å²) in [6, 6.07) is 12.2. The lowest BCUT2D eigenvalue weighted by molar-refractivity contribution is -0.116. The summed E-state index contributed by atoms with van der Waals surface area (Å²) in [7, 11) is 0. The number of hydrogen-bond donors (Lipinski definition) is 3. The first-order chi connectivity index (χ1) is 11.4. The molecule has 2 rings (SSSR count). The number of halogens is 2. The van der Waals surface area contributed by atoms with Gasteiger partial charge >= 0.3 is 0 Å². The molecule has 126 valence electrons. The minimum atomic E-state index is -0.162. The minimum absolute atomic E-state index is 0.133. The highest BCUT2D eigenvalue weighted by Crippen LogP contribution is 2.25. The van der Waals surface area contributed by atoms with Gasteiger partial charge in [0.2, 0.25) is 11.8 Å². The maximum Gasteiger partial charge on any atom is 0.226 e. The van der Waals surface area contributed by atoms with Crippen molar-refractivity contribution in [3.05, 3.63) is 52.5 Å². The fraction of sp³-hybridized carbons (Fsp3) is 0.176. The van der Waals surface area contributed by atoms with Gasteiger partial charge in [0.25, 0.3) is 0 Å². The Kier molecular flexibility index (Phi) is 6.46. The Morgan fingerprint density at radius 2 is 1.75 bits per heavy atom. The van der Waals surface area contributed by atoms with E-state index < -0.39 is 0 Å². The van der Waals surface area contributed by atoms with Crippen molar-refractivity contribution in [2.75, 3.05) is 22.5 Å². The van der Waals surface area contributed by atoms with Crippen LogP contribution in [0.2, 0.25) is 10.0 Å². The molecule has 5 nitrogen and oxygen atoms in total. The van der Waals surface area contributed by atoms with Crippen LogP contribution in [0.4, 0.5) is 17.1 Å². The smallest absolute Gasteiger partial charge is 0.226 e. The van der Waals surface area contributed by atoms with Crippen molar-refractivity contribution >= 4 is 52.1 Å². The highest BCUT2D eigenvalue weighted by molar-refractivity contribution is 6.36. The second-order valence-electron chi connectivity index (χ2n) is 5.11. The zero-order valence-electron chi connectivity index (χ0n) is 13.0. The summed E-state index contributed by atoms with van der Waals surface area (Å²) < 4.78 is 0. The summed E-state index contributed by atoms with van der Waals surface area (Å²) in [5.41, 5.74) is 2.04. The maximum absolute atomic E-state index is 12.0. The lowest BCUT2D eigenvalue weighted by Gasteiger charge is -2.10. The fourth-order valence-corrected chi connectivity index (χ4v) is 2.49. The number of amides is 2. The molecule has 2 amide bonds. The van der Waals surface area contributed by atoms with Crippen LogP contribution in [-0.4, -0.2) is 18.4 Å². The van der Waals surface area contributed by atoms with Gasteiger partial charge in [0.05, 0.1) is 10.7 Å². The number of carbonyl (C=O) groups excluding carboxylic acids is 2. The van der Waals surface area contributed by atoms with Crippen molar-refractivity contribution < 1.29 is 9.59 Å². The largest absolute Gasteiger partial charge is 0.384 e. The molecule has 0 aromatic heterocycles. The van der Waals surface area contributed by atoms with Gasteiger partial charge in [-0.1, -0.05) is 29.3 Å². The van der Waals surface area contributed by atoms with Crippen LogP contribution in [0.5, 0.6) is 0 Å². The predicted molar refractivity (Wildman–Crippen MR) is 98.9 cm³/mol. The van der Waals surface area contributed by atoms with Gasteiger partial charge in [-0.3, -0.25) is 9.59 Å². The molecule has 0 fully saturated rings. The normalized spacial score (nSPS) is 10.1. The zero-order valence-corrected chi connectivity index (χ0v) is 14.5. The van der Waals surface area contributed by atoms with Crippen LogP contribution in [0.15, 0.2) is 42.5 Å². The zero-order chi connectivity index (χ0) is 17.5. The molecule has 0 spiro atoms. The molecule has 0 unspecified atom stereocenters. The standard InChI is InChI=1S/C17H17Cl2N3O2/c1-11(23)21-14-4-2-3-13(10-14)20-8-7-17(24)22-16-6-5-12(18)9-15(16)19/h2-6,9-10,20H,7-8H2,1H3,(H,21,23)(H,22,24). The lowest BCUT2D eigenvalue weighted by Crippen LogP contribution is -2.16. The Labute approximate surface area is 150 Å². The first-order valence-corrected chi connectivity index (χ1v) is 8.06. The van der Waals surface area contributed by atoms with Crippen LogP contribution in [0.25, 0.3) is 0 Å². The van der Waals surface area contributed by atoms with Crippen molar-refractivity contribution in [2.45, 2.75) is 13.3 Å². The quantitative estimate of drug-likeness (QED) is 0.710. The molecule has 0 aliphatic heterocycles. The Balaban J connectivity index is 1.83. The summed E-state index contributed by atoms with van der Waals surface area (Å²) >= 11 is 11.8. The van der Waals surface area contributed by atoms with Crippen molar-refractivity contribution in [3.8, 4) is 0 Å². The van der Waals surface area contributed by atoms with E-state index in [4.69, 9.17) is 23.2 Å². The van der Waals surface area contributed by atoms with E-state index in [0.29, 0.717) is 28.0 Å². The number of rotatable bonds is 6. The summed E-state index contributed by atoms with van der Waals surface area (Å²) in [6.07, 6.45) is 0.267. The molecule has 0 aliphatic carbocycles. The molecule has 0 bridgehead atoms. The molecule has 0 saturated heterocycles. The second-order valence-corrected chi connectivity index (χ2v) is 5.95. The second kappa shape index (κ2) is 8.57. The number of hydrogen-bond acceptors (Lipinski definition) is 3. The summed E-state index contributed by atoms with van der Waals surface area (Å²) in [6.45, 7) is 1.90. The van der Waals surface area contributed by atoms with E-state index in [9.17, 15) is 9.59 Å². The average Bonchev–Trinajstić information content (AvgIpc) is 2.50. The van der Waals surface area contributed by atoms with Crippen LogP contribution in [0.3, 0.4) is 0 Å². The third-order valence-corrected chi connectivity index (χ3v) is 3.62. The summed E-state index contributed by atoms with van der Waals surface area (Å²) in [5, 5.41) is 9.48. The third kappa shape index (κ3) is 5.76. The fourth-order valence-electron chi connectivity index (χ4n) is 2.03. The molecule has 2 aromatic carbocycles. The topological polar surface area (TPSA) is 70.2 Å². The molecule has 0 radical (unpaired) electrons. The van der Waals surface area contributed by atoms with Crippen molar-refractivity contribution in [1.82, 2.24) is 0 Å². The lowest BCUT2D eigenvalue weighted by atomic mass is 10.2. The van der Waals surface area contributed by atoms with E-state index >= 15 is 0 Å². The van der Waals surface area contributed by atoms with Crippen molar-refractivity contribution in [1.29, 1.82) is 0 Å². The molecule has 0 heterocycles. The van der Waals surface area contributed by atoms with Gasteiger partial charge in [-0.15, -0.1) is 0 Å². The van der Waals surface area contributed by atoms with Gasteiger partial charge in [-0.2, -0.15) is 0 Å². The van der Waals surface area contributed by atoms with Gasteiger partial charge in [0.1, 0.15) is 0 Å².